The predicted molar refractivity (Wildman–Crippen MR) is 139 cm³/mol. The molecule has 1 aliphatic heterocycles. The summed E-state index contributed by atoms with van der Waals surface area (Å²) >= 11 is 5.82. The van der Waals surface area contributed by atoms with Gasteiger partial charge in [0, 0.05) is 35.3 Å². The molecule has 0 spiro atoms. The summed E-state index contributed by atoms with van der Waals surface area (Å²) < 4.78 is 27.0. The average molecular weight is 540 g/mol. The number of methoxy groups -OCH3 is 1. The van der Waals surface area contributed by atoms with E-state index in [4.69, 9.17) is 26.1 Å². The number of halogens is 2. The maximum Gasteiger partial charge on any atom is 0.354 e. The minimum atomic E-state index is -1.12. The number of aromatic carboxylic acids is 1. The standard InChI is InChI=1S/C27H27ClFN5O4/c1-33-22-13-21(27(35)36)31-26(37-2)25(22)32-23(33)14-34-10-8-16(9-11-34)20-4-3-5-24(30-20)38-15-17-6-7-18(28)12-19(17)29/h3-7,12-13,16H,8-11,14-15H2,1-2H3,(H,35,36). The van der Waals surface area contributed by atoms with E-state index < -0.39 is 11.8 Å². The highest BCUT2D eigenvalue weighted by molar-refractivity contribution is 6.30. The lowest BCUT2D eigenvalue weighted by atomic mass is 9.93. The van der Waals surface area contributed by atoms with E-state index in [0.29, 0.717) is 34.0 Å². The summed E-state index contributed by atoms with van der Waals surface area (Å²) in [5.74, 6) is 0.234. The van der Waals surface area contributed by atoms with Crippen molar-refractivity contribution in [3.63, 3.8) is 0 Å². The Balaban J connectivity index is 1.22. The molecule has 38 heavy (non-hydrogen) atoms. The molecule has 1 aromatic carbocycles. The smallest absolute Gasteiger partial charge is 0.354 e. The molecule has 0 amide bonds. The number of nitrogens with zero attached hydrogens (tertiary/aromatic N) is 5. The first-order valence-corrected chi connectivity index (χ1v) is 12.6. The predicted octanol–water partition coefficient (Wildman–Crippen LogP) is 4.82. The Bertz CT molecular complexity index is 1490. The molecule has 11 heteroatoms. The number of rotatable bonds is 8. The number of likely N-dealkylation sites (tertiary alicyclic amines) is 1. The van der Waals surface area contributed by atoms with Gasteiger partial charge in [-0.15, -0.1) is 0 Å². The SMILES string of the molecule is COc1nc(C(=O)O)cc2c1nc(CN1CCC(c3cccc(OCc4ccc(Cl)cc4F)n3)CC1)n2C. The Hall–Kier alpha value is -3.76. The van der Waals surface area contributed by atoms with Crippen molar-refractivity contribution in [1.29, 1.82) is 0 Å². The van der Waals surface area contributed by atoms with Gasteiger partial charge in [-0.2, -0.15) is 0 Å². The van der Waals surface area contributed by atoms with Crippen LogP contribution in [0.3, 0.4) is 0 Å². The van der Waals surface area contributed by atoms with Crippen LogP contribution in [0.4, 0.5) is 4.39 Å². The second-order valence-corrected chi connectivity index (χ2v) is 9.69. The van der Waals surface area contributed by atoms with Crippen molar-refractivity contribution in [2.75, 3.05) is 20.2 Å². The number of benzene rings is 1. The van der Waals surface area contributed by atoms with E-state index in [2.05, 4.69) is 14.9 Å². The molecule has 9 nitrogen and oxygen atoms in total. The number of hydrogen-bond acceptors (Lipinski definition) is 7. The van der Waals surface area contributed by atoms with Crippen LogP contribution >= 0.6 is 11.6 Å². The summed E-state index contributed by atoms with van der Waals surface area (Å²) in [6.45, 7) is 2.40. The summed E-state index contributed by atoms with van der Waals surface area (Å²) in [5.41, 5.74) is 2.51. The maximum absolute atomic E-state index is 14.1. The minimum absolute atomic E-state index is 0.0736. The molecule has 0 radical (unpaired) electrons. The number of pyridine rings is 2. The summed E-state index contributed by atoms with van der Waals surface area (Å²) in [6.07, 6.45) is 1.83. The molecule has 1 aliphatic rings. The van der Waals surface area contributed by atoms with E-state index in [1.165, 1.54) is 19.2 Å². The molecule has 1 N–H and O–H groups in total. The topological polar surface area (TPSA) is 103 Å². The quantitative estimate of drug-likeness (QED) is 0.340. The zero-order valence-electron chi connectivity index (χ0n) is 21.0. The molecule has 0 atom stereocenters. The highest BCUT2D eigenvalue weighted by Gasteiger charge is 2.24. The van der Waals surface area contributed by atoms with Gasteiger partial charge in [0.2, 0.25) is 11.8 Å². The number of carbonyl (C=O) groups is 1. The van der Waals surface area contributed by atoms with Crippen molar-refractivity contribution in [3.05, 3.63) is 76.1 Å². The van der Waals surface area contributed by atoms with Crippen molar-refractivity contribution in [3.8, 4) is 11.8 Å². The normalized spacial score (nSPS) is 14.6. The summed E-state index contributed by atoms with van der Waals surface area (Å²) in [5, 5.41) is 9.72. The number of aromatic nitrogens is 4. The first kappa shape index (κ1) is 25.9. The maximum atomic E-state index is 14.1. The largest absolute Gasteiger partial charge is 0.479 e. The van der Waals surface area contributed by atoms with E-state index in [1.54, 1.807) is 18.2 Å². The first-order valence-electron chi connectivity index (χ1n) is 12.2. The van der Waals surface area contributed by atoms with Crippen LogP contribution in [0.5, 0.6) is 11.8 Å². The van der Waals surface area contributed by atoms with Crippen LogP contribution in [0.1, 0.15) is 46.3 Å². The molecule has 4 aromatic rings. The molecule has 198 valence electrons. The summed E-state index contributed by atoms with van der Waals surface area (Å²) in [4.78, 5) is 27.2. The second kappa shape index (κ2) is 10.9. The Morgan fingerprint density at radius 2 is 1.95 bits per heavy atom. The van der Waals surface area contributed by atoms with Gasteiger partial charge in [0.15, 0.2) is 11.2 Å². The van der Waals surface area contributed by atoms with E-state index in [-0.39, 0.29) is 24.1 Å². The lowest BCUT2D eigenvalue weighted by Gasteiger charge is -2.31. The molecule has 4 heterocycles. The molecule has 0 bridgehead atoms. The Morgan fingerprint density at radius 3 is 2.66 bits per heavy atom. The Morgan fingerprint density at radius 1 is 1.16 bits per heavy atom. The molecule has 0 saturated carbocycles. The Labute approximate surface area is 223 Å². The number of fused-ring (bicyclic) bond motifs is 1. The second-order valence-electron chi connectivity index (χ2n) is 9.25. The van der Waals surface area contributed by atoms with Crippen molar-refractivity contribution in [1.82, 2.24) is 24.4 Å². The van der Waals surface area contributed by atoms with Crippen LogP contribution in [0.25, 0.3) is 11.0 Å². The third kappa shape index (κ3) is 5.41. The fraction of sp³-hybridized carbons (Fsp3) is 0.333. The van der Waals surface area contributed by atoms with Crippen LogP contribution < -0.4 is 9.47 Å². The first-order chi connectivity index (χ1) is 18.3. The molecule has 1 fully saturated rings. The Kier molecular flexibility index (Phi) is 7.44. The van der Waals surface area contributed by atoms with Crippen molar-refractivity contribution in [2.45, 2.75) is 31.9 Å². The number of piperidine rings is 1. The number of ether oxygens (including phenoxy) is 2. The molecule has 0 unspecified atom stereocenters. The molecular formula is C27H27ClFN5O4. The van der Waals surface area contributed by atoms with E-state index >= 15 is 0 Å². The van der Waals surface area contributed by atoms with Crippen LogP contribution in [-0.2, 0) is 20.2 Å². The number of carboxylic acids is 1. The van der Waals surface area contributed by atoms with E-state index in [1.807, 2.05) is 23.7 Å². The highest BCUT2D eigenvalue weighted by Crippen LogP contribution is 2.30. The molecule has 1 saturated heterocycles. The molecule has 0 aliphatic carbocycles. The monoisotopic (exact) mass is 539 g/mol. The van der Waals surface area contributed by atoms with Gasteiger partial charge in [0.1, 0.15) is 18.2 Å². The molecule has 3 aromatic heterocycles. The zero-order chi connectivity index (χ0) is 26.8. The lowest BCUT2D eigenvalue weighted by Crippen LogP contribution is -2.33. The average Bonchev–Trinajstić information content (AvgIpc) is 3.23. The van der Waals surface area contributed by atoms with E-state index in [0.717, 1.165) is 37.4 Å². The van der Waals surface area contributed by atoms with Crippen molar-refractivity contribution < 1.29 is 23.8 Å². The number of hydrogen-bond donors (Lipinski definition) is 1. The third-order valence-corrected chi connectivity index (χ3v) is 7.08. The minimum Gasteiger partial charge on any atom is -0.479 e. The molecule has 5 rings (SSSR count). The van der Waals surface area contributed by atoms with Crippen molar-refractivity contribution in [2.24, 2.45) is 7.05 Å². The fourth-order valence-corrected chi connectivity index (χ4v) is 4.87. The molecular weight excluding hydrogens is 513 g/mol. The van der Waals surface area contributed by atoms with Gasteiger partial charge in [0.05, 0.1) is 19.2 Å². The van der Waals surface area contributed by atoms with Gasteiger partial charge in [-0.05, 0) is 50.2 Å². The van der Waals surface area contributed by atoms with Gasteiger partial charge >= 0.3 is 5.97 Å². The third-order valence-electron chi connectivity index (χ3n) is 6.85. The van der Waals surface area contributed by atoms with Gasteiger partial charge < -0.3 is 19.1 Å². The fourth-order valence-electron chi connectivity index (χ4n) is 4.72. The van der Waals surface area contributed by atoms with Gasteiger partial charge in [-0.25, -0.2) is 24.1 Å². The van der Waals surface area contributed by atoms with Gasteiger partial charge in [0.25, 0.3) is 0 Å². The van der Waals surface area contributed by atoms with Gasteiger partial charge in [-0.3, -0.25) is 4.90 Å². The lowest BCUT2D eigenvalue weighted by molar-refractivity contribution is 0.0689. The number of carboxylic acid groups (broad SMARTS) is 1. The zero-order valence-corrected chi connectivity index (χ0v) is 21.8. The van der Waals surface area contributed by atoms with Crippen LogP contribution in [-0.4, -0.2) is 55.7 Å². The van der Waals surface area contributed by atoms with Crippen molar-refractivity contribution >= 4 is 28.6 Å². The van der Waals surface area contributed by atoms with E-state index in [9.17, 15) is 14.3 Å². The van der Waals surface area contributed by atoms with Crippen LogP contribution in [0, 0.1) is 5.82 Å². The van der Waals surface area contributed by atoms with Gasteiger partial charge in [-0.1, -0.05) is 23.7 Å². The number of imidazole rings is 1. The van der Waals surface area contributed by atoms with Crippen LogP contribution in [0.15, 0.2) is 42.5 Å². The summed E-state index contributed by atoms with van der Waals surface area (Å²) in [7, 11) is 3.32. The highest BCUT2D eigenvalue weighted by atomic mass is 35.5. The van der Waals surface area contributed by atoms with Crippen LogP contribution in [0.2, 0.25) is 5.02 Å². The summed E-state index contributed by atoms with van der Waals surface area (Å²) in [6, 6.07) is 11.7. The number of aryl methyl sites for hydroxylation is 1.